The molecule has 0 aliphatic carbocycles. The van der Waals surface area contributed by atoms with Crippen LogP contribution >= 0.6 is 12.4 Å². The minimum Gasteiger partial charge on any atom is -0.381 e. The summed E-state index contributed by atoms with van der Waals surface area (Å²) in [6, 6.07) is 6.33. The molecule has 0 radical (unpaired) electrons. The Kier molecular flexibility index (Phi) is 7.64. The number of nitrogens with one attached hydrogen (secondary N) is 1. The molecule has 136 valence electrons. The highest BCUT2D eigenvalue weighted by Crippen LogP contribution is 2.35. The van der Waals surface area contributed by atoms with Gasteiger partial charge in [-0.1, -0.05) is 26.0 Å². The summed E-state index contributed by atoms with van der Waals surface area (Å²) in [5.41, 5.74) is 5.87. The van der Waals surface area contributed by atoms with Gasteiger partial charge < -0.3 is 15.8 Å². The molecule has 0 bridgehead atoms. The molecule has 0 unspecified atom stereocenters. The number of carbonyl (C=O) groups is 1. The Bertz CT molecular complexity index is 544. The van der Waals surface area contributed by atoms with Gasteiger partial charge in [-0.25, -0.2) is 4.39 Å². The highest BCUT2D eigenvalue weighted by atomic mass is 35.5. The second-order valence-electron chi connectivity index (χ2n) is 6.46. The number of hydrogen-bond donors (Lipinski definition) is 2. The summed E-state index contributed by atoms with van der Waals surface area (Å²) >= 11 is 0. The molecule has 4 nitrogen and oxygen atoms in total. The summed E-state index contributed by atoms with van der Waals surface area (Å²) in [6.07, 6.45) is 2.69. The first-order chi connectivity index (χ1) is 11.0. The molecule has 6 heteroatoms. The lowest BCUT2D eigenvalue weighted by molar-refractivity contribution is -0.130. The lowest BCUT2D eigenvalue weighted by atomic mass is 9.73. The van der Waals surface area contributed by atoms with E-state index in [0.29, 0.717) is 38.2 Å². The first-order valence-corrected chi connectivity index (χ1v) is 8.37. The Balaban J connectivity index is 0.00000288. The lowest BCUT2D eigenvalue weighted by Gasteiger charge is -2.37. The molecule has 0 aromatic heterocycles. The van der Waals surface area contributed by atoms with Crippen LogP contribution in [0.2, 0.25) is 0 Å². The molecular formula is C18H28ClFN2O2. The van der Waals surface area contributed by atoms with Crippen molar-refractivity contribution in [1.29, 1.82) is 0 Å². The molecule has 1 heterocycles. The molecule has 1 aromatic rings. The standard InChI is InChI=1S/C18H27FN2O2.ClH/c1-3-17(20,4-2)13-21-16(22)18(8-10-23-11-9-18)14-6-5-7-15(19)12-14;/h5-7,12H,3-4,8-11,13,20H2,1-2H3,(H,21,22);1H. The number of rotatable bonds is 6. The highest BCUT2D eigenvalue weighted by Gasteiger charge is 2.42. The van der Waals surface area contributed by atoms with E-state index in [2.05, 4.69) is 5.32 Å². The predicted molar refractivity (Wildman–Crippen MR) is 95.9 cm³/mol. The zero-order valence-corrected chi connectivity index (χ0v) is 15.3. The fourth-order valence-electron chi connectivity index (χ4n) is 3.08. The Morgan fingerprint density at radius 2 is 1.96 bits per heavy atom. The molecule has 0 saturated carbocycles. The van der Waals surface area contributed by atoms with Gasteiger partial charge in [-0.2, -0.15) is 0 Å². The lowest BCUT2D eigenvalue weighted by Crippen LogP contribution is -2.54. The fourth-order valence-corrected chi connectivity index (χ4v) is 3.08. The highest BCUT2D eigenvalue weighted by molar-refractivity contribution is 5.88. The van der Waals surface area contributed by atoms with Crippen LogP contribution in [0, 0.1) is 5.82 Å². The Labute approximate surface area is 149 Å². The van der Waals surface area contributed by atoms with Crippen LogP contribution in [0.15, 0.2) is 24.3 Å². The van der Waals surface area contributed by atoms with Crippen molar-refractivity contribution in [2.75, 3.05) is 19.8 Å². The molecule has 24 heavy (non-hydrogen) atoms. The van der Waals surface area contributed by atoms with Gasteiger partial charge in [-0.15, -0.1) is 12.4 Å². The van der Waals surface area contributed by atoms with Crippen LogP contribution in [-0.2, 0) is 14.9 Å². The van der Waals surface area contributed by atoms with Crippen LogP contribution in [0.1, 0.15) is 45.1 Å². The summed E-state index contributed by atoms with van der Waals surface area (Å²) in [7, 11) is 0. The van der Waals surface area contributed by atoms with E-state index in [1.54, 1.807) is 6.07 Å². The summed E-state index contributed by atoms with van der Waals surface area (Å²) < 4.78 is 19.1. The molecular weight excluding hydrogens is 331 g/mol. The van der Waals surface area contributed by atoms with Gasteiger partial charge in [-0.3, -0.25) is 4.79 Å². The van der Waals surface area contributed by atoms with Gasteiger partial charge in [0.05, 0.1) is 5.41 Å². The van der Waals surface area contributed by atoms with E-state index in [-0.39, 0.29) is 24.1 Å². The quantitative estimate of drug-likeness (QED) is 0.821. The molecule has 1 aliphatic heterocycles. The van der Waals surface area contributed by atoms with Gasteiger partial charge in [-0.05, 0) is 43.4 Å². The summed E-state index contributed by atoms with van der Waals surface area (Å²) in [5, 5.41) is 3.01. The van der Waals surface area contributed by atoms with Crippen molar-refractivity contribution < 1.29 is 13.9 Å². The minimum atomic E-state index is -0.733. The van der Waals surface area contributed by atoms with Crippen molar-refractivity contribution in [2.24, 2.45) is 5.73 Å². The SMILES string of the molecule is CCC(N)(CC)CNC(=O)C1(c2cccc(F)c2)CCOCC1.Cl. The van der Waals surface area contributed by atoms with Gasteiger partial charge in [0.2, 0.25) is 5.91 Å². The first-order valence-electron chi connectivity index (χ1n) is 8.37. The third-order valence-electron chi connectivity index (χ3n) is 5.17. The van der Waals surface area contributed by atoms with Crippen molar-refractivity contribution in [3.8, 4) is 0 Å². The normalized spacial score (nSPS) is 17.0. The minimum absolute atomic E-state index is 0. The number of hydrogen-bond acceptors (Lipinski definition) is 3. The third-order valence-corrected chi connectivity index (χ3v) is 5.17. The largest absolute Gasteiger partial charge is 0.381 e. The van der Waals surface area contributed by atoms with Crippen molar-refractivity contribution >= 4 is 18.3 Å². The van der Waals surface area contributed by atoms with Crippen LogP contribution in [0.5, 0.6) is 0 Å². The second-order valence-corrected chi connectivity index (χ2v) is 6.46. The second kappa shape index (κ2) is 8.79. The smallest absolute Gasteiger partial charge is 0.230 e. The average molecular weight is 359 g/mol. The van der Waals surface area contributed by atoms with Crippen LogP contribution in [0.3, 0.4) is 0 Å². The zero-order chi connectivity index (χ0) is 16.9. The molecule has 1 saturated heterocycles. The van der Waals surface area contributed by atoms with E-state index in [1.807, 2.05) is 19.9 Å². The van der Waals surface area contributed by atoms with Crippen LogP contribution < -0.4 is 11.1 Å². The summed E-state index contributed by atoms with van der Waals surface area (Å²) in [4.78, 5) is 13.0. The molecule has 1 aliphatic rings. The van der Waals surface area contributed by atoms with Crippen LogP contribution in [0.25, 0.3) is 0 Å². The maximum absolute atomic E-state index is 13.7. The Morgan fingerprint density at radius 1 is 1.33 bits per heavy atom. The van der Waals surface area contributed by atoms with E-state index in [9.17, 15) is 9.18 Å². The van der Waals surface area contributed by atoms with Crippen LogP contribution in [0.4, 0.5) is 4.39 Å². The number of nitrogens with two attached hydrogens (primary N) is 1. The molecule has 1 fully saturated rings. The third kappa shape index (κ3) is 4.47. The van der Waals surface area contributed by atoms with Crippen molar-refractivity contribution in [2.45, 2.75) is 50.5 Å². The van der Waals surface area contributed by atoms with Crippen molar-refractivity contribution in [1.82, 2.24) is 5.32 Å². The number of amides is 1. The summed E-state index contributed by atoms with van der Waals surface area (Å²) in [6.45, 7) is 5.47. The maximum Gasteiger partial charge on any atom is 0.230 e. The van der Waals surface area contributed by atoms with E-state index < -0.39 is 11.0 Å². The monoisotopic (exact) mass is 358 g/mol. The van der Waals surface area contributed by atoms with E-state index in [4.69, 9.17) is 10.5 Å². The Morgan fingerprint density at radius 3 is 2.50 bits per heavy atom. The molecule has 1 aromatic carbocycles. The van der Waals surface area contributed by atoms with E-state index in [1.165, 1.54) is 12.1 Å². The maximum atomic E-state index is 13.7. The van der Waals surface area contributed by atoms with Gasteiger partial charge in [0.15, 0.2) is 0 Å². The molecule has 2 rings (SSSR count). The van der Waals surface area contributed by atoms with Gasteiger partial charge in [0.25, 0.3) is 0 Å². The van der Waals surface area contributed by atoms with Gasteiger partial charge in [0, 0.05) is 25.3 Å². The average Bonchev–Trinajstić information content (AvgIpc) is 2.60. The first kappa shape index (κ1) is 20.9. The van der Waals surface area contributed by atoms with Crippen molar-refractivity contribution in [3.05, 3.63) is 35.6 Å². The fraction of sp³-hybridized carbons (Fsp3) is 0.611. The number of carbonyl (C=O) groups excluding carboxylic acids is 1. The molecule has 0 spiro atoms. The predicted octanol–water partition coefficient (Wildman–Crippen LogP) is 2.93. The van der Waals surface area contributed by atoms with E-state index in [0.717, 1.165) is 12.8 Å². The van der Waals surface area contributed by atoms with E-state index >= 15 is 0 Å². The van der Waals surface area contributed by atoms with Crippen molar-refractivity contribution in [3.63, 3.8) is 0 Å². The van der Waals surface area contributed by atoms with Gasteiger partial charge in [0.1, 0.15) is 5.82 Å². The Hall–Kier alpha value is -1.17. The topological polar surface area (TPSA) is 64.3 Å². The van der Waals surface area contributed by atoms with Gasteiger partial charge >= 0.3 is 0 Å². The molecule has 3 N–H and O–H groups in total. The molecule has 0 atom stereocenters. The summed E-state index contributed by atoms with van der Waals surface area (Å²) in [5.74, 6) is -0.403. The number of halogens is 2. The number of ether oxygens (including phenoxy) is 1. The van der Waals surface area contributed by atoms with Crippen LogP contribution in [-0.4, -0.2) is 31.2 Å². The zero-order valence-electron chi connectivity index (χ0n) is 14.4. The molecule has 1 amide bonds. The number of benzene rings is 1.